The van der Waals surface area contributed by atoms with Crippen LogP contribution in [0.25, 0.3) is 0 Å². The van der Waals surface area contributed by atoms with Gasteiger partial charge in [0.1, 0.15) is 0 Å². The SMILES string of the molecule is CCC1CSC(=NCC2CCCCC2C)N1. The van der Waals surface area contributed by atoms with Crippen LogP contribution >= 0.6 is 11.8 Å². The molecule has 92 valence electrons. The number of thioether (sulfide) groups is 1. The summed E-state index contributed by atoms with van der Waals surface area (Å²) in [7, 11) is 0. The molecule has 0 aromatic rings. The lowest BCUT2D eigenvalue weighted by molar-refractivity contribution is 0.264. The lowest BCUT2D eigenvalue weighted by Gasteiger charge is -2.27. The molecule has 1 saturated heterocycles. The van der Waals surface area contributed by atoms with Crippen molar-refractivity contribution < 1.29 is 0 Å². The Morgan fingerprint density at radius 1 is 1.38 bits per heavy atom. The van der Waals surface area contributed by atoms with E-state index in [1.807, 2.05) is 11.8 Å². The van der Waals surface area contributed by atoms with Gasteiger partial charge in [0.2, 0.25) is 0 Å². The first-order chi connectivity index (χ1) is 7.79. The van der Waals surface area contributed by atoms with Gasteiger partial charge in [0.25, 0.3) is 0 Å². The summed E-state index contributed by atoms with van der Waals surface area (Å²) in [5, 5.41) is 4.71. The molecular weight excluding hydrogens is 216 g/mol. The normalized spacial score (nSPS) is 37.6. The molecule has 0 spiro atoms. The van der Waals surface area contributed by atoms with Crippen LogP contribution < -0.4 is 5.32 Å². The van der Waals surface area contributed by atoms with Crippen LogP contribution in [0.15, 0.2) is 4.99 Å². The van der Waals surface area contributed by atoms with E-state index in [0.717, 1.165) is 18.4 Å². The topological polar surface area (TPSA) is 24.4 Å². The summed E-state index contributed by atoms with van der Waals surface area (Å²) < 4.78 is 0. The Morgan fingerprint density at radius 2 is 2.19 bits per heavy atom. The summed E-state index contributed by atoms with van der Waals surface area (Å²) in [6.45, 7) is 5.69. The van der Waals surface area contributed by atoms with Gasteiger partial charge < -0.3 is 5.32 Å². The lowest BCUT2D eigenvalue weighted by Crippen LogP contribution is -2.27. The Balaban J connectivity index is 1.79. The molecule has 1 aliphatic carbocycles. The van der Waals surface area contributed by atoms with Gasteiger partial charge in [-0.2, -0.15) is 0 Å². The Morgan fingerprint density at radius 3 is 2.88 bits per heavy atom. The molecule has 0 amide bonds. The minimum atomic E-state index is 0.660. The van der Waals surface area contributed by atoms with E-state index in [1.165, 1.54) is 43.0 Å². The fourth-order valence-corrected chi connectivity index (χ4v) is 3.71. The van der Waals surface area contributed by atoms with Crippen molar-refractivity contribution in [1.29, 1.82) is 0 Å². The van der Waals surface area contributed by atoms with Crippen molar-refractivity contribution >= 4 is 16.9 Å². The molecule has 1 heterocycles. The standard InChI is InChI=1S/C13H24N2S/c1-3-12-9-16-13(15-12)14-8-11-7-5-4-6-10(11)2/h10-12H,3-9H2,1-2H3,(H,14,15). The molecule has 16 heavy (non-hydrogen) atoms. The molecule has 2 nitrogen and oxygen atoms in total. The van der Waals surface area contributed by atoms with Crippen LogP contribution in [0.5, 0.6) is 0 Å². The van der Waals surface area contributed by atoms with Crippen LogP contribution in [-0.4, -0.2) is 23.5 Å². The number of nitrogens with zero attached hydrogens (tertiary/aromatic N) is 1. The zero-order chi connectivity index (χ0) is 11.4. The molecule has 2 aliphatic rings. The van der Waals surface area contributed by atoms with Gasteiger partial charge in [-0.05, 0) is 24.7 Å². The lowest BCUT2D eigenvalue weighted by atomic mass is 9.80. The fourth-order valence-electron chi connectivity index (χ4n) is 2.61. The Kier molecular flexibility index (Phi) is 4.56. The number of rotatable bonds is 3. The van der Waals surface area contributed by atoms with Gasteiger partial charge in [0.05, 0.1) is 0 Å². The van der Waals surface area contributed by atoms with Gasteiger partial charge in [-0.1, -0.05) is 44.9 Å². The quantitative estimate of drug-likeness (QED) is 0.818. The van der Waals surface area contributed by atoms with Crippen molar-refractivity contribution in [2.24, 2.45) is 16.8 Å². The molecule has 3 heteroatoms. The second-order valence-electron chi connectivity index (χ2n) is 5.23. The second-order valence-corrected chi connectivity index (χ2v) is 6.24. The molecule has 2 fully saturated rings. The number of hydrogen-bond donors (Lipinski definition) is 1. The fraction of sp³-hybridized carbons (Fsp3) is 0.923. The maximum absolute atomic E-state index is 4.76. The highest BCUT2D eigenvalue weighted by Crippen LogP contribution is 2.30. The average molecular weight is 240 g/mol. The number of aliphatic imine (C=N–C) groups is 1. The molecule has 1 N–H and O–H groups in total. The summed E-state index contributed by atoms with van der Waals surface area (Å²) in [6, 6.07) is 0.660. The smallest absolute Gasteiger partial charge is 0.156 e. The van der Waals surface area contributed by atoms with Gasteiger partial charge in [0.15, 0.2) is 5.17 Å². The predicted molar refractivity (Wildman–Crippen MR) is 73.1 cm³/mol. The summed E-state index contributed by atoms with van der Waals surface area (Å²) in [5.74, 6) is 2.92. The van der Waals surface area contributed by atoms with Crippen molar-refractivity contribution in [3.05, 3.63) is 0 Å². The monoisotopic (exact) mass is 240 g/mol. The summed E-state index contributed by atoms with van der Waals surface area (Å²) in [4.78, 5) is 4.76. The highest BCUT2D eigenvalue weighted by atomic mass is 32.2. The molecule has 0 aromatic heterocycles. The summed E-state index contributed by atoms with van der Waals surface area (Å²) >= 11 is 1.90. The molecule has 1 aliphatic heterocycles. The van der Waals surface area contributed by atoms with Crippen molar-refractivity contribution in [1.82, 2.24) is 5.32 Å². The predicted octanol–water partition coefficient (Wildman–Crippen LogP) is 3.28. The number of hydrogen-bond acceptors (Lipinski definition) is 2. The van der Waals surface area contributed by atoms with Gasteiger partial charge in [0, 0.05) is 18.3 Å². The highest BCUT2D eigenvalue weighted by Gasteiger charge is 2.22. The van der Waals surface area contributed by atoms with Crippen LogP contribution in [0, 0.1) is 11.8 Å². The molecule has 3 unspecified atom stereocenters. The molecule has 3 atom stereocenters. The Bertz CT molecular complexity index is 252. The third-order valence-corrected chi connectivity index (χ3v) is 5.09. The molecule has 1 saturated carbocycles. The zero-order valence-electron chi connectivity index (χ0n) is 10.5. The van der Waals surface area contributed by atoms with Crippen LogP contribution in [-0.2, 0) is 0 Å². The van der Waals surface area contributed by atoms with Gasteiger partial charge in [-0.3, -0.25) is 4.99 Å². The van der Waals surface area contributed by atoms with Crippen LogP contribution in [0.3, 0.4) is 0 Å². The minimum Gasteiger partial charge on any atom is -0.361 e. The summed E-state index contributed by atoms with van der Waals surface area (Å²) in [6.07, 6.45) is 6.86. The molecule has 2 rings (SSSR count). The van der Waals surface area contributed by atoms with Crippen molar-refractivity contribution in [3.8, 4) is 0 Å². The van der Waals surface area contributed by atoms with E-state index < -0.39 is 0 Å². The van der Waals surface area contributed by atoms with Gasteiger partial charge in [-0.15, -0.1) is 0 Å². The summed E-state index contributed by atoms with van der Waals surface area (Å²) in [5.41, 5.74) is 0. The molecule has 0 bridgehead atoms. The van der Waals surface area contributed by atoms with Crippen molar-refractivity contribution in [3.63, 3.8) is 0 Å². The number of amidine groups is 1. The largest absolute Gasteiger partial charge is 0.361 e. The van der Waals surface area contributed by atoms with Crippen molar-refractivity contribution in [2.45, 2.75) is 52.0 Å². The van der Waals surface area contributed by atoms with E-state index in [4.69, 9.17) is 4.99 Å². The van der Waals surface area contributed by atoms with E-state index in [-0.39, 0.29) is 0 Å². The average Bonchev–Trinajstić information content (AvgIpc) is 2.76. The second kappa shape index (κ2) is 5.95. The Labute approximate surface area is 104 Å². The molecule has 0 aromatic carbocycles. The Hall–Kier alpha value is -0.180. The first-order valence-corrected chi connectivity index (χ1v) is 7.72. The third kappa shape index (κ3) is 3.16. The maximum Gasteiger partial charge on any atom is 0.156 e. The van der Waals surface area contributed by atoms with Gasteiger partial charge >= 0.3 is 0 Å². The van der Waals surface area contributed by atoms with Crippen LogP contribution in [0.1, 0.15) is 46.0 Å². The minimum absolute atomic E-state index is 0.660. The van der Waals surface area contributed by atoms with E-state index >= 15 is 0 Å². The zero-order valence-corrected chi connectivity index (χ0v) is 11.4. The van der Waals surface area contributed by atoms with E-state index in [2.05, 4.69) is 19.2 Å². The van der Waals surface area contributed by atoms with Crippen LogP contribution in [0.2, 0.25) is 0 Å². The first kappa shape index (κ1) is 12.3. The third-order valence-electron chi connectivity index (χ3n) is 4.00. The van der Waals surface area contributed by atoms with Crippen molar-refractivity contribution in [2.75, 3.05) is 12.3 Å². The molecular formula is C13H24N2S. The van der Waals surface area contributed by atoms with Gasteiger partial charge in [-0.25, -0.2) is 0 Å². The highest BCUT2D eigenvalue weighted by molar-refractivity contribution is 8.14. The molecule has 0 radical (unpaired) electrons. The van der Waals surface area contributed by atoms with E-state index in [9.17, 15) is 0 Å². The maximum atomic E-state index is 4.76. The first-order valence-electron chi connectivity index (χ1n) is 6.73. The van der Waals surface area contributed by atoms with E-state index in [0.29, 0.717) is 6.04 Å². The number of nitrogens with one attached hydrogen (secondary N) is 1. The van der Waals surface area contributed by atoms with Crippen LogP contribution in [0.4, 0.5) is 0 Å². The van der Waals surface area contributed by atoms with E-state index in [1.54, 1.807) is 0 Å².